The van der Waals surface area contributed by atoms with Crippen LogP contribution in [0.25, 0.3) is 0 Å². The normalized spacial score (nSPS) is 10.8. The van der Waals surface area contributed by atoms with Gasteiger partial charge in [0.05, 0.1) is 18.4 Å². The van der Waals surface area contributed by atoms with Crippen LogP contribution in [0.1, 0.15) is 37.5 Å². The molecule has 8 heteroatoms. The minimum absolute atomic E-state index is 0.0684. The molecule has 0 radical (unpaired) electrons. The minimum Gasteiger partial charge on any atom is -0.398 e. The number of nitrogens with two attached hydrogens (primary N) is 1. The van der Waals surface area contributed by atoms with Crippen LogP contribution < -0.4 is 5.73 Å². The lowest BCUT2D eigenvalue weighted by Gasteiger charge is -2.09. The summed E-state index contributed by atoms with van der Waals surface area (Å²) in [5, 5.41) is 15.6. The van der Waals surface area contributed by atoms with Gasteiger partial charge in [-0.1, -0.05) is 24.3 Å². The van der Waals surface area contributed by atoms with Crippen molar-refractivity contribution in [3.05, 3.63) is 82.2 Å². The third-order valence-electron chi connectivity index (χ3n) is 4.40. The molecule has 0 fully saturated rings. The van der Waals surface area contributed by atoms with Crippen molar-refractivity contribution in [2.45, 2.75) is 19.4 Å². The topological polar surface area (TPSA) is 109 Å². The SMILES string of the molecule is Nc1c(CO)cccc1CC(=O)c1[nH]ncc1CC(=O)c1c(F)cccc1F. The molecular formula is C20H17F2N3O3. The first-order valence-corrected chi connectivity index (χ1v) is 8.42. The first-order valence-electron chi connectivity index (χ1n) is 8.42. The summed E-state index contributed by atoms with van der Waals surface area (Å²) in [6.07, 6.45) is 0.802. The van der Waals surface area contributed by atoms with E-state index in [4.69, 9.17) is 5.73 Å². The Morgan fingerprint density at radius 3 is 2.25 bits per heavy atom. The Bertz CT molecular complexity index is 1030. The fourth-order valence-electron chi connectivity index (χ4n) is 2.93. The van der Waals surface area contributed by atoms with Gasteiger partial charge >= 0.3 is 0 Å². The monoisotopic (exact) mass is 385 g/mol. The molecule has 28 heavy (non-hydrogen) atoms. The van der Waals surface area contributed by atoms with E-state index < -0.39 is 28.8 Å². The number of aliphatic hydroxyl groups is 1. The second-order valence-corrected chi connectivity index (χ2v) is 6.21. The van der Waals surface area contributed by atoms with E-state index in [1.807, 2.05) is 0 Å². The van der Waals surface area contributed by atoms with Gasteiger partial charge in [-0.15, -0.1) is 0 Å². The van der Waals surface area contributed by atoms with Gasteiger partial charge in [0.2, 0.25) is 0 Å². The number of H-pyrrole nitrogens is 1. The molecule has 0 spiro atoms. The van der Waals surface area contributed by atoms with Crippen molar-refractivity contribution in [2.24, 2.45) is 0 Å². The van der Waals surface area contributed by atoms with Crippen LogP contribution in [0.15, 0.2) is 42.6 Å². The van der Waals surface area contributed by atoms with E-state index in [9.17, 15) is 23.5 Å². The Labute approximate surface area is 159 Å². The Kier molecular flexibility index (Phi) is 5.60. The number of halogens is 2. The first-order chi connectivity index (χ1) is 13.4. The third kappa shape index (κ3) is 3.81. The Hall–Kier alpha value is -3.39. The molecule has 4 N–H and O–H groups in total. The minimum atomic E-state index is -0.963. The molecule has 3 rings (SSSR count). The highest BCUT2D eigenvalue weighted by Gasteiger charge is 2.22. The smallest absolute Gasteiger partial charge is 0.185 e. The summed E-state index contributed by atoms with van der Waals surface area (Å²) >= 11 is 0. The maximum Gasteiger partial charge on any atom is 0.185 e. The van der Waals surface area contributed by atoms with Crippen LogP contribution in [-0.2, 0) is 19.4 Å². The van der Waals surface area contributed by atoms with Crippen LogP contribution in [0, 0.1) is 11.6 Å². The molecule has 6 nitrogen and oxygen atoms in total. The van der Waals surface area contributed by atoms with Crippen LogP contribution in [0.3, 0.4) is 0 Å². The number of nitrogens with zero attached hydrogens (tertiary/aromatic N) is 1. The molecular weight excluding hydrogens is 368 g/mol. The number of ketones is 2. The van der Waals surface area contributed by atoms with Crippen LogP contribution in [0.2, 0.25) is 0 Å². The van der Waals surface area contributed by atoms with E-state index in [-0.39, 0.29) is 30.7 Å². The summed E-state index contributed by atoms with van der Waals surface area (Å²) in [6, 6.07) is 8.13. The molecule has 1 heterocycles. The number of anilines is 1. The average Bonchev–Trinajstić information content (AvgIpc) is 3.11. The van der Waals surface area contributed by atoms with E-state index >= 15 is 0 Å². The van der Waals surface area contributed by atoms with Gasteiger partial charge < -0.3 is 10.8 Å². The van der Waals surface area contributed by atoms with Crippen molar-refractivity contribution >= 4 is 17.3 Å². The molecule has 2 aromatic carbocycles. The second kappa shape index (κ2) is 8.10. The van der Waals surface area contributed by atoms with E-state index in [2.05, 4.69) is 10.2 Å². The number of aromatic nitrogens is 2. The lowest BCUT2D eigenvalue weighted by molar-refractivity contribution is 0.0982. The Morgan fingerprint density at radius 2 is 1.57 bits per heavy atom. The zero-order chi connectivity index (χ0) is 20.3. The molecule has 0 amide bonds. The maximum atomic E-state index is 13.8. The average molecular weight is 385 g/mol. The molecule has 0 saturated carbocycles. The number of nitrogen functional groups attached to an aromatic ring is 1. The highest BCUT2D eigenvalue weighted by atomic mass is 19.1. The molecule has 3 aromatic rings. The molecule has 0 bridgehead atoms. The standard InChI is InChI=1S/C20H17F2N3O3/c21-14-5-2-6-15(22)18(14)16(27)8-13-9-24-25-20(13)17(28)7-11-3-1-4-12(10-26)19(11)23/h1-6,9,26H,7-8,10,23H2,(H,24,25). The molecule has 0 aliphatic rings. The van der Waals surface area contributed by atoms with Crippen LogP contribution in [0.4, 0.5) is 14.5 Å². The van der Waals surface area contributed by atoms with Gasteiger partial charge in [-0.05, 0) is 17.7 Å². The summed E-state index contributed by atoms with van der Waals surface area (Å²) in [5.74, 6) is -3.12. The predicted molar refractivity (Wildman–Crippen MR) is 97.8 cm³/mol. The number of benzene rings is 2. The van der Waals surface area contributed by atoms with Gasteiger partial charge in [0.1, 0.15) is 17.3 Å². The molecule has 0 atom stereocenters. The number of hydrogen-bond acceptors (Lipinski definition) is 5. The highest BCUT2D eigenvalue weighted by Crippen LogP contribution is 2.21. The van der Waals surface area contributed by atoms with Gasteiger partial charge in [0.25, 0.3) is 0 Å². The number of Topliss-reactive ketones (excluding diaryl/α,β-unsaturated/α-hetero) is 2. The van der Waals surface area contributed by atoms with Crippen LogP contribution >= 0.6 is 0 Å². The molecule has 1 aromatic heterocycles. The summed E-state index contributed by atoms with van der Waals surface area (Å²) in [6.45, 7) is -0.258. The number of aliphatic hydroxyl groups excluding tert-OH is 1. The molecule has 0 aliphatic carbocycles. The third-order valence-corrected chi connectivity index (χ3v) is 4.40. The summed E-state index contributed by atoms with van der Waals surface area (Å²) < 4.78 is 27.6. The van der Waals surface area contributed by atoms with Crippen molar-refractivity contribution in [1.82, 2.24) is 10.2 Å². The number of para-hydroxylation sites is 1. The largest absolute Gasteiger partial charge is 0.398 e. The van der Waals surface area contributed by atoms with Crippen LogP contribution in [-0.4, -0.2) is 26.9 Å². The van der Waals surface area contributed by atoms with E-state index in [1.54, 1.807) is 18.2 Å². The second-order valence-electron chi connectivity index (χ2n) is 6.21. The molecule has 0 saturated heterocycles. The quantitative estimate of drug-likeness (QED) is 0.428. The molecule has 0 aliphatic heterocycles. The number of carbonyl (C=O) groups is 2. The number of nitrogens with one attached hydrogen (secondary N) is 1. The van der Waals surface area contributed by atoms with Crippen LogP contribution in [0.5, 0.6) is 0 Å². The Morgan fingerprint density at radius 1 is 0.964 bits per heavy atom. The zero-order valence-electron chi connectivity index (χ0n) is 14.7. The fraction of sp³-hybridized carbons (Fsp3) is 0.150. The van der Waals surface area contributed by atoms with Crippen molar-refractivity contribution < 1.29 is 23.5 Å². The van der Waals surface area contributed by atoms with E-state index in [1.165, 1.54) is 12.3 Å². The zero-order valence-corrected chi connectivity index (χ0v) is 14.7. The summed E-state index contributed by atoms with van der Waals surface area (Å²) in [5.41, 5.74) is 6.92. The van der Waals surface area contributed by atoms with Crippen molar-refractivity contribution in [3.63, 3.8) is 0 Å². The number of hydrogen-bond donors (Lipinski definition) is 3. The van der Waals surface area contributed by atoms with E-state index in [0.29, 0.717) is 16.8 Å². The number of rotatable bonds is 7. The highest BCUT2D eigenvalue weighted by molar-refractivity contribution is 6.02. The molecule has 144 valence electrons. The van der Waals surface area contributed by atoms with Crippen molar-refractivity contribution in [3.8, 4) is 0 Å². The number of aromatic amines is 1. The van der Waals surface area contributed by atoms with Gasteiger partial charge in [-0.2, -0.15) is 5.10 Å². The summed E-state index contributed by atoms with van der Waals surface area (Å²) in [7, 11) is 0. The summed E-state index contributed by atoms with van der Waals surface area (Å²) in [4.78, 5) is 25.0. The maximum absolute atomic E-state index is 13.8. The molecule has 0 unspecified atom stereocenters. The lowest BCUT2D eigenvalue weighted by Crippen LogP contribution is -2.13. The van der Waals surface area contributed by atoms with Gasteiger partial charge in [-0.3, -0.25) is 14.7 Å². The van der Waals surface area contributed by atoms with Gasteiger partial charge in [0.15, 0.2) is 11.6 Å². The predicted octanol–water partition coefficient (Wildman–Crippen LogP) is 2.61. The van der Waals surface area contributed by atoms with Crippen molar-refractivity contribution in [2.75, 3.05) is 5.73 Å². The number of carbonyl (C=O) groups excluding carboxylic acids is 2. The van der Waals surface area contributed by atoms with Crippen molar-refractivity contribution in [1.29, 1.82) is 0 Å². The lowest BCUT2D eigenvalue weighted by atomic mass is 9.97. The Balaban J connectivity index is 1.82. The first kappa shape index (κ1) is 19.4. The van der Waals surface area contributed by atoms with Gasteiger partial charge in [-0.25, -0.2) is 8.78 Å². The van der Waals surface area contributed by atoms with E-state index in [0.717, 1.165) is 12.1 Å². The fourth-order valence-corrected chi connectivity index (χ4v) is 2.93. The van der Waals surface area contributed by atoms with Gasteiger partial charge in [0, 0.05) is 29.7 Å².